The Morgan fingerprint density at radius 3 is 2.37 bits per heavy atom. The van der Waals surface area contributed by atoms with Crippen molar-refractivity contribution < 1.29 is 4.79 Å². The lowest BCUT2D eigenvalue weighted by atomic mass is 10.3. The number of nitrogens with zero attached hydrogens (tertiary/aromatic N) is 1. The van der Waals surface area contributed by atoms with Crippen LogP contribution in [0.2, 0.25) is 0 Å². The SMILES string of the molecule is CCN(CC)C(C)CNC(=O)Nc1ccc(I)cc1. The predicted molar refractivity (Wildman–Crippen MR) is 88.6 cm³/mol. The van der Waals surface area contributed by atoms with E-state index in [-0.39, 0.29) is 6.03 Å². The van der Waals surface area contributed by atoms with Crippen LogP contribution in [0.15, 0.2) is 24.3 Å². The van der Waals surface area contributed by atoms with Crippen LogP contribution >= 0.6 is 22.6 Å². The van der Waals surface area contributed by atoms with Crippen LogP contribution in [0.5, 0.6) is 0 Å². The first-order valence-electron chi connectivity index (χ1n) is 6.61. The van der Waals surface area contributed by atoms with E-state index < -0.39 is 0 Å². The second-order valence-electron chi connectivity index (χ2n) is 4.41. The van der Waals surface area contributed by atoms with Crippen molar-refractivity contribution in [3.05, 3.63) is 27.8 Å². The van der Waals surface area contributed by atoms with E-state index in [1.165, 1.54) is 0 Å². The molecule has 2 amide bonds. The fourth-order valence-corrected chi connectivity index (χ4v) is 2.28. The molecule has 0 spiro atoms. The van der Waals surface area contributed by atoms with Crippen LogP contribution in [0, 0.1) is 3.57 Å². The highest BCUT2D eigenvalue weighted by molar-refractivity contribution is 14.1. The van der Waals surface area contributed by atoms with Gasteiger partial charge in [0.2, 0.25) is 0 Å². The number of halogens is 1. The number of urea groups is 1. The Labute approximate surface area is 129 Å². The molecule has 106 valence electrons. The van der Waals surface area contributed by atoms with Gasteiger partial charge < -0.3 is 10.6 Å². The van der Waals surface area contributed by atoms with Crippen molar-refractivity contribution in [2.75, 3.05) is 25.0 Å². The van der Waals surface area contributed by atoms with Crippen molar-refractivity contribution in [1.29, 1.82) is 0 Å². The summed E-state index contributed by atoms with van der Waals surface area (Å²) in [5.74, 6) is 0. The quantitative estimate of drug-likeness (QED) is 0.751. The minimum absolute atomic E-state index is 0.153. The second kappa shape index (κ2) is 8.37. The van der Waals surface area contributed by atoms with Gasteiger partial charge in [0.05, 0.1) is 0 Å². The molecule has 1 unspecified atom stereocenters. The van der Waals surface area contributed by atoms with Crippen LogP contribution in [0.3, 0.4) is 0 Å². The van der Waals surface area contributed by atoms with Gasteiger partial charge in [-0.1, -0.05) is 13.8 Å². The van der Waals surface area contributed by atoms with Gasteiger partial charge in [-0.25, -0.2) is 4.79 Å². The number of carbonyl (C=O) groups excluding carboxylic acids is 1. The maximum atomic E-state index is 11.8. The van der Waals surface area contributed by atoms with Crippen LogP contribution < -0.4 is 10.6 Å². The average molecular weight is 375 g/mol. The van der Waals surface area contributed by atoms with Crippen molar-refractivity contribution in [1.82, 2.24) is 10.2 Å². The lowest BCUT2D eigenvalue weighted by molar-refractivity contribution is 0.220. The summed E-state index contributed by atoms with van der Waals surface area (Å²) in [6.45, 7) is 9.03. The molecule has 0 aliphatic carbocycles. The first-order valence-corrected chi connectivity index (χ1v) is 7.69. The Kier molecular flexibility index (Phi) is 7.15. The molecule has 1 aromatic carbocycles. The number of rotatable bonds is 6. The van der Waals surface area contributed by atoms with Crippen LogP contribution in [0.25, 0.3) is 0 Å². The Morgan fingerprint density at radius 1 is 1.26 bits per heavy atom. The van der Waals surface area contributed by atoms with Gasteiger partial charge >= 0.3 is 6.03 Å². The smallest absolute Gasteiger partial charge is 0.319 e. The molecule has 0 aromatic heterocycles. The van der Waals surface area contributed by atoms with E-state index in [0.29, 0.717) is 12.6 Å². The van der Waals surface area contributed by atoms with E-state index in [9.17, 15) is 4.79 Å². The first-order chi connectivity index (χ1) is 9.06. The van der Waals surface area contributed by atoms with Gasteiger partial charge in [0.15, 0.2) is 0 Å². The highest BCUT2D eigenvalue weighted by Gasteiger charge is 2.11. The van der Waals surface area contributed by atoms with E-state index in [1.54, 1.807) is 0 Å². The molecule has 0 bridgehead atoms. The van der Waals surface area contributed by atoms with Crippen LogP contribution in [0.4, 0.5) is 10.5 Å². The zero-order valence-corrected chi connectivity index (χ0v) is 13.9. The minimum atomic E-state index is -0.153. The van der Waals surface area contributed by atoms with Crippen LogP contribution in [-0.4, -0.2) is 36.6 Å². The molecule has 0 radical (unpaired) electrons. The third-order valence-electron chi connectivity index (χ3n) is 3.10. The lowest BCUT2D eigenvalue weighted by Gasteiger charge is -2.26. The summed E-state index contributed by atoms with van der Waals surface area (Å²) in [6, 6.07) is 7.92. The fraction of sp³-hybridized carbons (Fsp3) is 0.500. The summed E-state index contributed by atoms with van der Waals surface area (Å²) in [6.07, 6.45) is 0. The summed E-state index contributed by atoms with van der Waals surface area (Å²) in [5.41, 5.74) is 0.813. The van der Waals surface area contributed by atoms with Gasteiger partial charge in [0, 0.05) is 21.8 Å². The monoisotopic (exact) mass is 375 g/mol. The number of anilines is 1. The molecule has 0 saturated carbocycles. The normalized spacial score (nSPS) is 12.3. The topological polar surface area (TPSA) is 44.4 Å². The van der Waals surface area contributed by atoms with Gasteiger partial charge in [0.1, 0.15) is 0 Å². The van der Waals surface area contributed by atoms with Crippen molar-refractivity contribution in [2.45, 2.75) is 26.8 Å². The lowest BCUT2D eigenvalue weighted by Crippen LogP contribution is -2.43. The maximum Gasteiger partial charge on any atom is 0.319 e. The number of likely N-dealkylation sites (N-methyl/N-ethyl adjacent to an activating group) is 1. The molecular formula is C14H22IN3O. The molecule has 0 aliphatic rings. The maximum absolute atomic E-state index is 11.8. The molecule has 2 N–H and O–H groups in total. The van der Waals surface area contributed by atoms with E-state index in [2.05, 4.69) is 58.9 Å². The summed E-state index contributed by atoms with van der Waals surface area (Å²) in [7, 11) is 0. The zero-order valence-electron chi connectivity index (χ0n) is 11.7. The highest BCUT2D eigenvalue weighted by Crippen LogP contribution is 2.10. The third-order valence-corrected chi connectivity index (χ3v) is 3.81. The molecule has 1 rings (SSSR count). The number of carbonyl (C=O) groups is 1. The number of amides is 2. The largest absolute Gasteiger partial charge is 0.336 e. The fourth-order valence-electron chi connectivity index (χ4n) is 1.92. The van der Waals surface area contributed by atoms with Gasteiger partial charge in [-0.05, 0) is 66.9 Å². The average Bonchev–Trinajstić information content (AvgIpc) is 2.40. The zero-order chi connectivity index (χ0) is 14.3. The molecule has 0 fully saturated rings. The van der Waals surface area contributed by atoms with Crippen LogP contribution in [0.1, 0.15) is 20.8 Å². The van der Waals surface area contributed by atoms with E-state index in [0.717, 1.165) is 22.3 Å². The van der Waals surface area contributed by atoms with Crippen molar-refractivity contribution in [2.24, 2.45) is 0 Å². The minimum Gasteiger partial charge on any atom is -0.336 e. The van der Waals surface area contributed by atoms with Crippen molar-refractivity contribution in [3.63, 3.8) is 0 Å². The molecule has 0 saturated heterocycles. The van der Waals surface area contributed by atoms with E-state index in [4.69, 9.17) is 0 Å². The van der Waals surface area contributed by atoms with Crippen molar-refractivity contribution >= 4 is 34.3 Å². The molecule has 19 heavy (non-hydrogen) atoms. The molecule has 0 heterocycles. The summed E-state index contributed by atoms with van der Waals surface area (Å²) < 4.78 is 1.15. The number of hydrogen-bond donors (Lipinski definition) is 2. The first kappa shape index (κ1) is 16.2. The molecule has 0 aliphatic heterocycles. The standard InChI is InChI=1S/C14H22IN3O/c1-4-18(5-2)11(3)10-16-14(19)17-13-8-6-12(15)7-9-13/h6-9,11H,4-5,10H2,1-3H3,(H2,16,17,19). The van der Waals surface area contributed by atoms with Gasteiger partial charge in [-0.3, -0.25) is 4.90 Å². The van der Waals surface area contributed by atoms with Gasteiger partial charge in [0.25, 0.3) is 0 Å². The molecule has 1 atom stereocenters. The van der Waals surface area contributed by atoms with Gasteiger partial charge in [-0.15, -0.1) is 0 Å². The van der Waals surface area contributed by atoms with E-state index in [1.807, 2.05) is 24.3 Å². The second-order valence-corrected chi connectivity index (χ2v) is 5.66. The molecular weight excluding hydrogens is 353 g/mol. The summed E-state index contributed by atoms with van der Waals surface area (Å²) in [5, 5.41) is 5.73. The Morgan fingerprint density at radius 2 is 1.84 bits per heavy atom. The summed E-state index contributed by atoms with van der Waals surface area (Å²) >= 11 is 2.24. The summed E-state index contributed by atoms with van der Waals surface area (Å²) in [4.78, 5) is 14.1. The number of benzene rings is 1. The van der Waals surface area contributed by atoms with Crippen molar-refractivity contribution in [3.8, 4) is 0 Å². The molecule has 4 nitrogen and oxygen atoms in total. The Hall–Kier alpha value is -0.820. The number of nitrogens with one attached hydrogen (secondary N) is 2. The van der Waals surface area contributed by atoms with E-state index >= 15 is 0 Å². The number of hydrogen-bond acceptors (Lipinski definition) is 2. The highest BCUT2D eigenvalue weighted by atomic mass is 127. The molecule has 1 aromatic rings. The third kappa shape index (κ3) is 5.78. The Balaban J connectivity index is 2.37. The predicted octanol–water partition coefficient (Wildman–Crippen LogP) is 3.14. The van der Waals surface area contributed by atoms with Crippen LogP contribution in [-0.2, 0) is 0 Å². The molecule has 5 heteroatoms. The van der Waals surface area contributed by atoms with Gasteiger partial charge in [-0.2, -0.15) is 0 Å². The Bertz CT molecular complexity index is 390.